The van der Waals surface area contributed by atoms with Crippen LogP contribution in [0.4, 0.5) is 4.39 Å². The largest absolute Gasteiger partial charge is 0.350 e. The molecule has 2 aromatic heterocycles. The fraction of sp³-hybridized carbons (Fsp3) is 0.312. The van der Waals surface area contributed by atoms with Gasteiger partial charge in [-0.1, -0.05) is 6.07 Å². The van der Waals surface area contributed by atoms with Crippen LogP contribution in [0.25, 0.3) is 10.9 Å². The minimum absolute atomic E-state index is 0.252. The molecule has 0 atom stereocenters. The Balaban J connectivity index is 1.41. The van der Waals surface area contributed by atoms with E-state index in [-0.39, 0.29) is 11.7 Å². The summed E-state index contributed by atoms with van der Waals surface area (Å²) in [6.45, 7) is 0.460. The molecule has 1 aromatic carbocycles. The van der Waals surface area contributed by atoms with Gasteiger partial charge in [0.1, 0.15) is 23.7 Å². The highest BCUT2D eigenvalue weighted by molar-refractivity contribution is 5.98. The predicted molar refractivity (Wildman–Crippen MR) is 82.6 cm³/mol. The number of hydrogen-bond donors (Lipinski definition) is 2. The molecule has 2 N–H and O–H groups in total. The lowest BCUT2D eigenvalue weighted by Gasteiger charge is -2.05. The van der Waals surface area contributed by atoms with Crippen molar-refractivity contribution < 1.29 is 9.18 Å². The third-order valence-electron chi connectivity index (χ3n) is 4.08. The zero-order chi connectivity index (χ0) is 15.8. The maximum absolute atomic E-state index is 13.7. The summed E-state index contributed by atoms with van der Waals surface area (Å²) in [5, 5.41) is 11.3. The first-order chi connectivity index (χ1) is 11.2. The normalized spacial score (nSPS) is 14.3. The number of aromatic nitrogens is 4. The first-order valence-corrected chi connectivity index (χ1v) is 7.66. The second-order valence-electron chi connectivity index (χ2n) is 5.78. The van der Waals surface area contributed by atoms with Gasteiger partial charge in [0.15, 0.2) is 0 Å². The van der Waals surface area contributed by atoms with Gasteiger partial charge in [-0.2, -0.15) is 0 Å². The number of benzene rings is 1. The molecule has 4 rings (SSSR count). The molecule has 0 unspecified atom stereocenters. The fourth-order valence-electron chi connectivity index (χ4n) is 2.73. The number of hydrogen-bond acceptors (Lipinski definition) is 3. The van der Waals surface area contributed by atoms with Crippen LogP contribution >= 0.6 is 0 Å². The van der Waals surface area contributed by atoms with Crippen LogP contribution < -0.4 is 5.32 Å². The van der Waals surface area contributed by atoms with Gasteiger partial charge in [0.2, 0.25) is 0 Å². The molecular weight excluding hydrogens is 297 g/mol. The minimum atomic E-state index is -0.338. The van der Waals surface area contributed by atoms with E-state index in [9.17, 15) is 9.18 Å². The highest BCUT2D eigenvalue weighted by atomic mass is 19.1. The average Bonchev–Trinajstić information content (AvgIpc) is 3.10. The van der Waals surface area contributed by atoms with E-state index in [1.165, 1.54) is 12.1 Å². The maximum atomic E-state index is 13.7. The number of nitrogens with one attached hydrogen (secondary N) is 2. The maximum Gasteiger partial charge on any atom is 0.267 e. The smallest absolute Gasteiger partial charge is 0.267 e. The topological polar surface area (TPSA) is 75.6 Å². The molecule has 0 bridgehead atoms. The Labute approximate surface area is 131 Å². The van der Waals surface area contributed by atoms with Crippen LogP contribution in [0.3, 0.4) is 0 Å². The van der Waals surface area contributed by atoms with Gasteiger partial charge < -0.3 is 14.9 Å². The molecule has 0 spiro atoms. The molecule has 0 saturated heterocycles. The minimum Gasteiger partial charge on any atom is -0.350 e. The van der Waals surface area contributed by atoms with Crippen molar-refractivity contribution in [1.29, 1.82) is 0 Å². The van der Waals surface area contributed by atoms with Crippen molar-refractivity contribution in [3.05, 3.63) is 47.9 Å². The lowest BCUT2D eigenvalue weighted by molar-refractivity contribution is 0.0949. The summed E-state index contributed by atoms with van der Waals surface area (Å²) in [5.74, 6) is 0.295. The Morgan fingerprint density at radius 1 is 1.43 bits per heavy atom. The van der Waals surface area contributed by atoms with Crippen molar-refractivity contribution in [2.75, 3.05) is 6.54 Å². The highest BCUT2D eigenvalue weighted by Crippen LogP contribution is 2.35. The Kier molecular flexibility index (Phi) is 3.33. The van der Waals surface area contributed by atoms with E-state index < -0.39 is 0 Å². The SMILES string of the molecule is O=C(NCCc1nncn1C1CC1)c1cc2c(F)cccc2[nH]1. The van der Waals surface area contributed by atoms with Crippen LogP contribution in [0.15, 0.2) is 30.6 Å². The standard InChI is InChI=1S/C16H16FN5O/c17-12-2-1-3-13-11(12)8-14(20-13)16(23)18-7-6-15-21-19-9-22(15)10-4-5-10/h1-3,8-10,20H,4-7H2,(H,18,23). The van der Waals surface area contributed by atoms with Gasteiger partial charge in [-0.05, 0) is 31.0 Å². The molecule has 2 heterocycles. The second kappa shape index (κ2) is 5.49. The van der Waals surface area contributed by atoms with Crippen molar-refractivity contribution in [3.8, 4) is 0 Å². The Morgan fingerprint density at radius 3 is 3.09 bits per heavy atom. The number of halogens is 1. The molecule has 1 aliphatic carbocycles. The Morgan fingerprint density at radius 2 is 2.30 bits per heavy atom. The number of H-pyrrole nitrogens is 1. The van der Waals surface area contributed by atoms with Crippen LogP contribution in [0.1, 0.15) is 35.2 Å². The van der Waals surface area contributed by atoms with E-state index in [0.29, 0.717) is 35.6 Å². The van der Waals surface area contributed by atoms with E-state index in [0.717, 1.165) is 18.7 Å². The van der Waals surface area contributed by atoms with Gasteiger partial charge in [-0.3, -0.25) is 4.79 Å². The number of amides is 1. The first-order valence-electron chi connectivity index (χ1n) is 7.66. The monoisotopic (exact) mass is 313 g/mol. The summed E-state index contributed by atoms with van der Waals surface area (Å²) in [7, 11) is 0. The van der Waals surface area contributed by atoms with Gasteiger partial charge in [0, 0.05) is 29.9 Å². The second-order valence-corrected chi connectivity index (χ2v) is 5.78. The van der Waals surface area contributed by atoms with Crippen molar-refractivity contribution >= 4 is 16.8 Å². The van der Waals surface area contributed by atoms with Crippen molar-refractivity contribution in [1.82, 2.24) is 25.1 Å². The lowest BCUT2D eigenvalue weighted by atomic mass is 10.2. The Bertz CT molecular complexity index is 864. The molecule has 1 saturated carbocycles. The molecule has 0 radical (unpaired) electrons. The lowest BCUT2D eigenvalue weighted by Crippen LogP contribution is -2.26. The summed E-state index contributed by atoms with van der Waals surface area (Å²) in [6, 6.07) is 6.79. The molecular formula is C16H16FN5O. The van der Waals surface area contributed by atoms with Crippen LogP contribution in [-0.4, -0.2) is 32.2 Å². The first kappa shape index (κ1) is 13.9. The van der Waals surface area contributed by atoms with Gasteiger partial charge in [-0.25, -0.2) is 4.39 Å². The Hall–Kier alpha value is -2.70. The van der Waals surface area contributed by atoms with Crippen LogP contribution in [-0.2, 0) is 6.42 Å². The molecule has 0 aliphatic heterocycles. The zero-order valence-electron chi connectivity index (χ0n) is 12.4. The van der Waals surface area contributed by atoms with E-state index >= 15 is 0 Å². The number of fused-ring (bicyclic) bond motifs is 1. The van der Waals surface area contributed by atoms with Gasteiger partial charge in [0.25, 0.3) is 5.91 Å². The quantitative estimate of drug-likeness (QED) is 0.758. The van der Waals surface area contributed by atoms with Crippen LogP contribution in [0.5, 0.6) is 0 Å². The molecule has 1 aliphatic rings. The number of aromatic amines is 1. The summed E-state index contributed by atoms with van der Waals surface area (Å²) < 4.78 is 15.7. The number of nitrogens with zero attached hydrogens (tertiary/aromatic N) is 3. The van der Waals surface area contributed by atoms with Crippen LogP contribution in [0.2, 0.25) is 0 Å². The zero-order valence-corrected chi connectivity index (χ0v) is 12.4. The molecule has 1 amide bonds. The molecule has 118 valence electrons. The fourth-order valence-corrected chi connectivity index (χ4v) is 2.73. The number of carbonyl (C=O) groups is 1. The summed E-state index contributed by atoms with van der Waals surface area (Å²) >= 11 is 0. The van der Waals surface area contributed by atoms with Crippen molar-refractivity contribution in [2.45, 2.75) is 25.3 Å². The molecule has 23 heavy (non-hydrogen) atoms. The van der Waals surface area contributed by atoms with Crippen molar-refractivity contribution in [2.24, 2.45) is 0 Å². The molecule has 7 heteroatoms. The van der Waals surface area contributed by atoms with E-state index in [1.807, 2.05) is 0 Å². The van der Waals surface area contributed by atoms with E-state index in [2.05, 4.69) is 25.1 Å². The number of carbonyl (C=O) groups excluding carboxylic acids is 1. The molecule has 3 aromatic rings. The van der Waals surface area contributed by atoms with E-state index in [1.54, 1.807) is 18.5 Å². The molecule has 6 nitrogen and oxygen atoms in total. The van der Waals surface area contributed by atoms with E-state index in [4.69, 9.17) is 0 Å². The predicted octanol–water partition coefficient (Wildman–Crippen LogP) is 2.21. The average molecular weight is 313 g/mol. The number of rotatable bonds is 5. The third-order valence-corrected chi connectivity index (χ3v) is 4.08. The van der Waals surface area contributed by atoms with Gasteiger partial charge in [0.05, 0.1) is 0 Å². The summed E-state index contributed by atoms with van der Waals surface area (Å²) in [5.41, 5.74) is 0.970. The van der Waals surface area contributed by atoms with Gasteiger partial charge in [-0.15, -0.1) is 10.2 Å². The van der Waals surface area contributed by atoms with Gasteiger partial charge >= 0.3 is 0 Å². The van der Waals surface area contributed by atoms with Crippen molar-refractivity contribution in [3.63, 3.8) is 0 Å². The molecule has 1 fully saturated rings. The summed E-state index contributed by atoms with van der Waals surface area (Å²) in [4.78, 5) is 15.1. The summed E-state index contributed by atoms with van der Waals surface area (Å²) in [6.07, 6.45) is 4.70. The van der Waals surface area contributed by atoms with Crippen LogP contribution in [0, 0.1) is 5.82 Å². The third kappa shape index (κ3) is 2.69. The highest BCUT2D eigenvalue weighted by Gasteiger charge is 2.25.